The average Bonchev–Trinajstić information content (AvgIpc) is 2.75. The normalized spacial score (nSPS) is 19.5. The van der Waals surface area contributed by atoms with Gasteiger partial charge < -0.3 is 19.7 Å². The lowest BCUT2D eigenvalue weighted by Crippen LogP contribution is -2.51. The highest BCUT2D eigenvalue weighted by Gasteiger charge is 2.32. The Labute approximate surface area is 165 Å². The lowest BCUT2D eigenvalue weighted by Gasteiger charge is -2.36. The number of anilines is 1. The Morgan fingerprint density at radius 3 is 2.79 bits per heavy atom. The Bertz CT molecular complexity index is 803. The van der Waals surface area contributed by atoms with E-state index in [1.807, 2.05) is 42.6 Å². The van der Waals surface area contributed by atoms with E-state index < -0.39 is 6.10 Å². The van der Waals surface area contributed by atoms with Crippen LogP contribution in [0.3, 0.4) is 0 Å². The molecular formula is C22H27N3O3. The number of hydrogen-bond donors (Lipinski definition) is 1. The molecular weight excluding hydrogens is 354 g/mol. The van der Waals surface area contributed by atoms with Gasteiger partial charge in [0.25, 0.3) is 5.91 Å². The molecule has 6 heteroatoms. The van der Waals surface area contributed by atoms with Gasteiger partial charge in [0.2, 0.25) is 5.88 Å². The SMILES string of the molecule is COc1ccc(CN2CC(C(=O)NC3CCCCC3)Oc3ccccc32)cn1. The molecule has 2 heterocycles. The van der Waals surface area contributed by atoms with Crippen LogP contribution in [0.5, 0.6) is 11.6 Å². The summed E-state index contributed by atoms with van der Waals surface area (Å²) in [5.74, 6) is 1.33. The van der Waals surface area contributed by atoms with E-state index in [2.05, 4.69) is 15.2 Å². The number of aromatic nitrogens is 1. The molecule has 1 amide bonds. The number of hydrogen-bond acceptors (Lipinski definition) is 5. The fraction of sp³-hybridized carbons (Fsp3) is 0.455. The van der Waals surface area contributed by atoms with Gasteiger partial charge in [-0.2, -0.15) is 0 Å². The maximum atomic E-state index is 12.9. The number of benzene rings is 1. The van der Waals surface area contributed by atoms with Gasteiger partial charge in [-0.05, 0) is 30.5 Å². The van der Waals surface area contributed by atoms with Crippen molar-refractivity contribution >= 4 is 11.6 Å². The maximum Gasteiger partial charge on any atom is 0.263 e. The van der Waals surface area contributed by atoms with Crippen molar-refractivity contribution in [1.82, 2.24) is 10.3 Å². The molecule has 1 aliphatic heterocycles. The average molecular weight is 381 g/mol. The van der Waals surface area contributed by atoms with Crippen LogP contribution in [0.1, 0.15) is 37.7 Å². The molecule has 1 atom stereocenters. The zero-order chi connectivity index (χ0) is 19.3. The first-order chi connectivity index (χ1) is 13.7. The molecule has 0 bridgehead atoms. The summed E-state index contributed by atoms with van der Waals surface area (Å²) in [6.07, 6.45) is 7.08. The number of para-hydroxylation sites is 2. The molecule has 1 unspecified atom stereocenters. The number of fused-ring (bicyclic) bond motifs is 1. The first-order valence-corrected chi connectivity index (χ1v) is 10.0. The van der Waals surface area contributed by atoms with Crippen LogP contribution >= 0.6 is 0 Å². The van der Waals surface area contributed by atoms with Gasteiger partial charge >= 0.3 is 0 Å². The lowest BCUT2D eigenvalue weighted by atomic mass is 9.95. The van der Waals surface area contributed by atoms with Gasteiger partial charge in [0, 0.05) is 24.8 Å². The van der Waals surface area contributed by atoms with E-state index in [1.165, 1.54) is 19.3 Å². The zero-order valence-electron chi connectivity index (χ0n) is 16.3. The second-order valence-electron chi connectivity index (χ2n) is 7.51. The van der Waals surface area contributed by atoms with Gasteiger partial charge in [-0.25, -0.2) is 4.98 Å². The molecule has 6 nitrogen and oxygen atoms in total. The quantitative estimate of drug-likeness (QED) is 0.861. The van der Waals surface area contributed by atoms with Gasteiger partial charge in [-0.15, -0.1) is 0 Å². The van der Waals surface area contributed by atoms with E-state index >= 15 is 0 Å². The van der Waals surface area contributed by atoms with Gasteiger partial charge in [-0.1, -0.05) is 37.5 Å². The van der Waals surface area contributed by atoms with Crippen molar-refractivity contribution in [2.45, 2.75) is 50.8 Å². The Morgan fingerprint density at radius 1 is 1.21 bits per heavy atom. The van der Waals surface area contributed by atoms with Crippen molar-refractivity contribution < 1.29 is 14.3 Å². The Kier molecular flexibility index (Phi) is 5.65. The van der Waals surface area contributed by atoms with Crippen molar-refractivity contribution in [3.63, 3.8) is 0 Å². The van der Waals surface area contributed by atoms with Crippen LogP contribution in [0.15, 0.2) is 42.6 Å². The minimum Gasteiger partial charge on any atom is -0.481 e. The predicted molar refractivity (Wildman–Crippen MR) is 108 cm³/mol. The van der Waals surface area contributed by atoms with Crippen molar-refractivity contribution in [3.05, 3.63) is 48.2 Å². The number of rotatable bonds is 5. The number of amides is 1. The zero-order valence-corrected chi connectivity index (χ0v) is 16.3. The molecule has 0 saturated heterocycles. The summed E-state index contributed by atoms with van der Waals surface area (Å²) in [6, 6.07) is 12.0. The van der Waals surface area contributed by atoms with E-state index in [0.717, 1.165) is 29.8 Å². The molecule has 1 saturated carbocycles. The minimum absolute atomic E-state index is 0.0146. The standard InChI is InChI=1S/C22H27N3O3/c1-27-21-12-11-16(13-23-21)14-25-15-20(28-19-10-6-5-9-18(19)25)22(26)24-17-7-3-2-4-8-17/h5-6,9-13,17,20H,2-4,7-8,14-15H2,1H3,(H,24,26). The van der Waals surface area contributed by atoms with Crippen LogP contribution in [-0.4, -0.2) is 36.7 Å². The molecule has 148 valence electrons. The number of carbonyl (C=O) groups is 1. The molecule has 4 rings (SSSR count). The fourth-order valence-corrected chi connectivity index (χ4v) is 3.98. The predicted octanol–water partition coefficient (Wildman–Crippen LogP) is 3.31. The number of nitrogens with zero attached hydrogens (tertiary/aromatic N) is 2. The smallest absolute Gasteiger partial charge is 0.263 e. The summed E-state index contributed by atoms with van der Waals surface area (Å²) in [7, 11) is 1.61. The molecule has 1 aromatic heterocycles. The van der Waals surface area contributed by atoms with Crippen molar-refractivity contribution in [2.75, 3.05) is 18.6 Å². The van der Waals surface area contributed by atoms with Crippen LogP contribution in [0, 0.1) is 0 Å². The molecule has 0 radical (unpaired) electrons. The molecule has 2 aliphatic rings. The summed E-state index contributed by atoms with van der Waals surface area (Å²) in [5, 5.41) is 3.20. The lowest BCUT2D eigenvalue weighted by molar-refractivity contribution is -0.128. The van der Waals surface area contributed by atoms with Crippen LogP contribution < -0.4 is 19.7 Å². The summed E-state index contributed by atoms with van der Waals surface area (Å²) < 4.78 is 11.2. The first kappa shape index (κ1) is 18.6. The minimum atomic E-state index is -0.511. The summed E-state index contributed by atoms with van der Waals surface area (Å²) in [4.78, 5) is 19.3. The van der Waals surface area contributed by atoms with Gasteiger partial charge in [-0.3, -0.25) is 4.79 Å². The van der Waals surface area contributed by atoms with Crippen molar-refractivity contribution in [1.29, 1.82) is 0 Å². The van der Waals surface area contributed by atoms with Crippen molar-refractivity contribution in [3.8, 4) is 11.6 Å². The fourth-order valence-electron chi connectivity index (χ4n) is 3.98. The van der Waals surface area contributed by atoms with Gasteiger partial charge in [0.1, 0.15) is 5.75 Å². The van der Waals surface area contributed by atoms with Crippen LogP contribution in [-0.2, 0) is 11.3 Å². The largest absolute Gasteiger partial charge is 0.481 e. The molecule has 1 N–H and O–H groups in total. The highest BCUT2D eigenvalue weighted by atomic mass is 16.5. The first-order valence-electron chi connectivity index (χ1n) is 10.0. The molecule has 1 aromatic carbocycles. The number of pyridine rings is 1. The van der Waals surface area contributed by atoms with Gasteiger partial charge in [0.05, 0.1) is 19.3 Å². The number of methoxy groups -OCH3 is 1. The van der Waals surface area contributed by atoms with E-state index in [1.54, 1.807) is 7.11 Å². The van der Waals surface area contributed by atoms with E-state index in [0.29, 0.717) is 19.0 Å². The highest BCUT2D eigenvalue weighted by Crippen LogP contribution is 2.34. The summed E-state index contributed by atoms with van der Waals surface area (Å²) >= 11 is 0. The van der Waals surface area contributed by atoms with Crippen LogP contribution in [0.2, 0.25) is 0 Å². The maximum absolute atomic E-state index is 12.9. The Hall–Kier alpha value is -2.76. The third-order valence-electron chi connectivity index (χ3n) is 5.49. The Morgan fingerprint density at radius 2 is 2.04 bits per heavy atom. The second kappa shape index (κ2) is 8.50. The van der Waals surface area contributed by atoms with Crippen molar-refractivity contribution in [2.24, 2.45) is 0 Å². The third kappa shape index (κ3) is 4.21. The van der Waals surface area contributed by atoms with Crippen LogP contribution in [0.25, 0.3) is 0 Å². The summed E-state index contributed by atoms with van der Waals surface area (Å²) in [6.45, 7) is 1.17. The molecule has 28 heavy (non-hydrogen) atoms. The number of ether oxygens (including phenoxy) is 2. The van der Waals surface area contributed by atoms with E-state index in [4.69, 9.17) is 9.47 Å². The van der Waals surface area contributed by atoms with Crippen LogP contribution in [0.4, 0.5) is 5.69 Å². The number of nitrogens with one attached hydrogen (secondary N) is 1. The van der Waals surface area contributed by atoms with E-state index in [-0.39, 0.29) is 11.9 Å². The van der Waals surface area contributed by atoms with Gasteiger partial charge in [0.15, 0.2) is 6.10 Å². The molecule has 1 fully saturated rings. The highest BCUT2D eigenvalue weighted by molar-refractivity contribution is 5.83. The monoisotopic (exact) mass is 381 g/mol. The topological polar surface area (TPSA) is 63.7 Å². The molecule has 2 aromatic rings. The Balaban J connectivity index is 1.49. The molecule has 1 aliphatic carbocycles. The van der Waals surface area contributed by atoms with E-state index in [9.17, 15) is 4.79 Å². The summed E-state index contributed by atoms with van der Waals surface area (Å²) in [5.41, 5.74) is 2.06. The molecule has 0 spiro atoms. The third-order valence-corrected chi connectivity index (χ3v) is 5.49. The second-order valence-corrected chi connectivity index (χ2v) is 7.51. The number of carbonyl (C=O) groups excluding carboxylic acids is 1.